The summed E-state index contributed by atoms with van der Waals surface area (Å²) in [5.41, 5.74) is 0.495. The lowest BCUT2D eigenvalue weighted by atomic mass is 9.77. The fourth-order valence-corrected chi connectivity index (χ4v) is 4.67. The predicted molar refractivity (Wildman–Crippen MR) is 104 cm³/mol. The molecule has 3 fully saturated rings. The van der Waals surface area contributed by atoms with Crippen molar-refractivity contribution >= 4 is 30.7 Å². The number of halogens is 2. The molecule has 24 heavy (non-hydrogen) atoms. The molecule has 3 aliphatic rings. The zero-order valence-corrected chi connectivity index (χ0v) is 16.9. The highest BCUT2D eigenvalue weighted by atomic mass is 35.5. The number of carbonyl (C=O) groups is 1. The van der Waals surface area contributed by atoms with Crippen LogP contribution >= 0.6 is 24.8 Å². The lowest BCUT2D eigenvalue weighted by Gasteiger charge is -2.43. The van der Waals surface area contributed by atoms with Gasteiger partial charge in [-0.1, -0.05) is 20.3 Å². The van der Waals surface area contributed by atoms with E-state index in [-0.39, 0.29) is 30.9 Å². The van der Waals surface area contributed by atoms with Crippen molar-refractivity contribution in [1.29, 1.82) is 0 Å². The Hall–Kier alpha value is -0.0300. The molecule has 3 aliphatic heterocycles. The largest absolute Gasteiger partial charge is 0.341 e. The van der Waals surface area contributed by atoms with E-state index in [0.29, 0.717) is 17.2 Å². The molecule has 6 heteroatoms. The van der Waals surface area contributed by atoms with Gasteiger partial charge in [-0.2, -0.15) is 0 Å². The Kier molecular flexibility index (Phi) is 8.81. The molecule has 0 aliphatic carbocycles. The quantitative estimate of drug-likeness (QED) is 0.818. The first kappa shape index (κ1) is 22.0. The van der Waals surface area contributed by atoms with Gasteiger partial charge in [-0.05, 0) is 63.1 Å². The molecule has 0 bridgehead atoms. The molecule has 3 rings (SSSR count). The average Bonchev–Trinajstić information content (AvgIpc) is 2.97. The van der Waals surface area contributed by atoms with E-state index in [1.807, 2.05) is 0 Å². The molecule has 0 aromatic carbocycles. The molecule has 4 nitrogen and oxygen atoms in total. The minimum atomic E-state index is 0. The predicted octanol–water partition coefficient (Wildman–Crippen LogP) is 2.94. The Labute approximate surface area is 159 Å². The number of nitrogens with one attached hydrogen (secondary N) is 1. The van der Waals surface area contributed by atoms with Crippen molar-refractivity contribution in [2.45, 2.75) is 58.4 Å². The van der Waals surface area contributed by atoms with Crippen molar-refractivity contribution in [1.82, 2.24) is 15.1 Å². The van der Waals surface area contributed by atoms with Crippen LogP contribution in [0.15, 0.2) is 0 Å². The smallest absolute Gasteiger partial charge is 0.240 e. The maximum Gasteiger partial charge on any atom is 0.240 e. The molecule has 0 aromatic rings. The Morgan fingerprint density at radius 3 is 2.08 bits per heavy atom. The number of nitrogens with zero attached hydrogens (tertiary/aromatic N) is 2. The number of hydrogen-bond donors (Lipinski definition) is 1. The van der Waals surface area contributed by atoms with Gasteiger partial charge in [-0.25, -0.2) is 0 Å². The first-order chi connectivity index (χ1) is 10.6. The van der Waals surface area contributed by atoms with Crippen LogP contribution in [0.1, 0.15) is 52.4 Å². The first-order valence-corrected chi connectivity index (χ1v) is 9.35. The van der Waals surface area contributed by atoms with Crippen molar-refractivity contribution in [3.63, 3.8) is 0 Å². The topological polar surface area (TPSA) is 35.6 Å². The second kappa shape index (κ2) is 9.61. The summed E-state index contributed by atoms with van der Waals surface area (Å²) in [6, 6.07) is 0.107. The highest BCUT2D eigenvalue weighted by molar-refractivity contribution is 5.85. The molecule has 0 aromatic heterocycles. The molecule has 142 valence electrons. The van der Waals surface area contributed by atoms with Crippen molar-refractivity contribution in [2.24, 2.45) is 11.3 Å². The summed E-state index contributed by atoms with van der Waals surface area (Å²) in [7, 11) is 0. The van der Waals surface area contributed by atoms with E-state index in [1.54, 1.807) is 0 Å². The fourth-order valence-electron chi connectivity index (χ4n) is 4.67. The van der Waals surface area contributed by atoms with Crippen molar-refractivity contribution in [3.8, 4) is 0 Å². The van der Waals surface area contributed by atoms with Gasteiger partial charge < -0.3 is 10.2 Å². The van der Waals surface area contributed by atoms with Gasteiger partial charge in [0.05, 0.1) is 6.04 Å². The Morgan fingerprint density at radius 1 is 0.958 bits per heavy atom. The molecular formula is C18H35Cl2N3O. The SMILES string of the molecule is CC(C)C(C(=O)N1CCC2(CCNC2)CC1)N1CCCCC1.Cl.Cl. The molecule has 0 saturated carbocycles. The van der Waals surface area contributed by atoms with E-state index in [0.717, 1.165) is 39.3 Å². The van der Waals surface area contributed by atoms with E-state index in [9.17, 15) is 4.79 Å². The summed E-state index contributed by atoms with van der Waals surface area (Å²) in [5.74, 6) is 0.812. The van der Waals surface area contributed by atoms with Crippen LogP contribution in [0.5, 0.6) is 0 Å². The second-order valence-electron chi connectivity index (χ2n) is 8.04. The van der Waals surface area contributed by atoms with E-state index in [1.165, 1.54) is 38.5 Å². The maximum atomic E-state index is 13.1. The molecule has 3 saturated heterocycles. The number of amides is 1. The average molecular weight is 380 g/mol. The van der Waals surface area contributed by atoms with Gasteiger partial charge in [-0.15, -0.1) is 24.8 Å². The van der Waals surface area contributed by atoms with Crippen LogP contribution in [0.4, 0.5) is 0 Å². The van der Waals surface area contributed by atoms with Crippen LogP contribution < -0.4 is 5.32 Å². The van der Waals surface area contributed by atoms with E-state index in [2.05, 4.69) is 29.0 Å². The number of hydrogen-bond acceptors (Lipinski definition) is 3. The summed E-state index contributed by atoms with van der Waals surface area (Å²) in [6.45, 7) is 10.9. The number of piperidine rings is 2. The van der Waals surface area contributed by atoms with Gasteiger partial charge in [0.1, 0.15) is 0 Å². The minimum absolute atomic E-state index is 0. The fraction of sp³-hybridized carbons (Fsp3) is 0.944. The number of rotatable bonds is 3. The monoisotopic (exact) mass is 379 g/mol. The van der Waals surface area contributed by atoms with E-state index in [4.69, 9.17) is 0 Å². The first-order valence-electron chi connectivity index (χ1n) is 9.35. The van der Waals surface area contributed by atoms with Gasteiger partial charge in [0.25, 0.3) is 0 Å². The van der Waals surface area contributed by atoms with Gasteiger partial charge in [0, 0.05) is 19.6 Å². The molecule has 1 atom stereocenters. The van der Waals surface area contributed by atoms with Crippen LogP contribution in [0.2, 0.25) is 0 Å². The molecule has 1 unspecified atom stereocenters. The third-order valence-electron chi connectivity index (χ3n) is 6.14. The van der Waals surface area contributed by atoms with Gasteiger partial charge in [-0.3, -0.25) is 9.69 Å². The Morgan fingerprint density at radius 2 is 1.58 bits per heavy atom. The lowest BCUT2D eigenvalue weighted by Crippen LogP contribution is -2.55. The molecule has 1 amide bonds. The van der Waals surface area contributed by atoms with Gasteiger partial charge in [0.2, 0.25) is 5.91 Å². The number of carbonyl (C=O) groups excluding carboxylic acids is 1. The maximum absolute atomic E-state index is 13.1. The molecule has 3 heterocycles. The summed E-state index contributed by atoms with van der Waals surface area (Å²) >= 11 is 0. The normalized spacial score (nSPS) is 25.2. The van der Waals surface area contributed by atoms with Crippen molar-refractivity contribution in [2.75, 3.05) is 39.3 Å². The third kappa shape index (κ3) is 4.78. The standard InChI is InChI=1S/C18H33N3O.2ClH/c1-15(2)16(20-10-4-3-5-11-20)17(22)21-12-7-18(8-13-21)6-9-19-14-18;;/h15-16,19H,3-14H2,1-2H3;2*1H. The highest BCUT2D eigenvalue weighted by Crippen LogP contribution is 2.37. The van der Waals surface area contributed by atoms with E-state index < -0.39 is 0 Å². The van der Waals surface area contributed by atoms with Crippen LogP contribution in [0.25, 0.3) is 0 Å². The molecule has 1 N–H and O–H groups in total. The third-order valence-corrected chi connectivity index (χ3v) is 6.14. The van der Waals surface area contributed by atoms with Gasteiger partial charge in [0.15, 0.2) is 0 Å². The summed E-state index contributed by atoms with van der Waals surface area (Å²) in [5, 5.41) is 3.51. The van der Waals surface area contributed by atoms with Crippen LogP contribution in [-0.4, -0.2) is 61.0 Å². The van der Waals surface area contributed by atoms with E-state index >= 15 is 0 Å². The lowest BCUT2D eigenvalue weighted by molar-refractivity contribution is -0.141. The van der Waals surface area contributed by atoms with Gasteiger partial charge >= 0.3 is 0 Å². The van der Waals surface area contributed by atoms with Crippen LogP contribution in [0.3, 0.4) is 0 Å². The Bertz CT molecular complexity index is 384. The number of likely N-dealkylation sites (tertiary alicyclic amines) is 2. The van der Waals surface area contributed by atoms with Crippen LogP contribution in [0, 0.1) is 11.3 Å². The molecule has 0 radical (unpaired) electrons. The highest BCUT2D eigenvalue weighted by Gasteiger charge is 2.40. The zero-order valence-electron chi connectivity index (χ0n) is 15.3. The minimum Gasteiger partial charge on any atom is -0.341 e. The second-order valence-corrected chi connectivity index (χ2v) is 8.04. The molecule has 1 spiro atoms. The summed E-state index contributed by atoms with van der Waals surface area (Å²) in [6.07, 6.45) is 7.52. The van der Waals surface area contributed by atoms with Crippen molar-refractivity contribution < 1.29 is 4.79 Å². The summed E-state index contributed by atoms with van der Waals surface area (Å²) < 4.78 is 0. The molecular weight excluding hydrogens is 345 g/mol. The Balaban J connectivity index is 0.00000144. The summed E-state index contributed by atoms with van der Waals surface area (Å²) in [4.78, 5) is 17.7. The van der Waals surface area contributed by atoms with Crippen LogP contribution in [-0.2, 0) is 4.79 Å². The zero-order chi connectivity index (χ0) is 15.6. The van der Waals surface area contributed by atoms with Crippen molar-refractivity contribution in [3.05, 3.63) is 0 Å².